The van der Waals surface area contributed by atoms with Crippen LogP contribution >= 0.6 is 0 Å². The predicted octanol–water partition coefficient (Wildman–Crippen LogP) is 1.16. The van der Waals surface area contributed by atoms with Crippen LogP contribution in [-0.2, 0) is 27.3 Å². The molecule has 6 nitrogen and oxygen atoms in total. The molecule has 0 unspecified atom stereocenters. The van der Waals surface area contributed by atoms with Crippen LogP contribution in [0, 0.1) is 0 Å². The Balaban J connectivity index is 0.000000192. The molecule has 0 bridgehead atoms. The maximum atomic E-state index is 9.55. The molecule has 2 aliphatic rings. The molecule has 22 heavy (non-hydrogen) atoms. The monoisotopic (exact) mass is 305 g/mol. The van der Waals surface area contributed by atoms with Gasteiger partial charge >= 0.3 is 11.9 Å². The molecule has 0 radical (unpaired) electrons. The topological polar surface area (TPSA) is 90.4 Å². The Hall–Kier alpha value is -2.18. The van der Waals surface area contributed by atoms with Gasteiger partial charge in [-0.2, -0.15) is 0 Å². The van der Waals surface area contributed by atoms with Crippen molar-refractivity contribution in [3.63, 3.8) is 0 Å². The summed E-state index contributed by atoms with van der Waals surface area (Å²) < 4.78 is 5.26. The predicted molar refractivity (Wildman–Crippen MR) is 79.6 cm³/mol. The number of hydrogen-bond donors (Lipinski definition) is 2. The zero-order valence-corrected chi connectivity index (χ0v) is 12.1. The number of carbonyl (C=O) groups is 2. The van der Waals surface area contributed by atoms with E-state index in [9.17, 15) is 9.59 Å². The van der Waals surface area contributed by atoms with Gasteiger partial charge in [0.1, 0.15) is 0 Å². The molecule has 0 aliphatic carbocycles. The summed E-state index contributed by atoms with van der Waals surface area (Å²) in [6, 6.07) is 8.77. The summed E-state index contributed by atoms with van der Waals surface area (Å²) in [5.74, 6) is -2.51. The van der Waals surface area contributed by atoms with Crippen molar-refractivity contribution in [2.45, 2.75) is 19.1 Å². The Morgan fingerprint density at radius 1 is 1.18 bits per heavy atom. The molecule has 1 aromatic rings. The minimum atomic E-state index is -1.26. The Labute approximate surface area is 128 Å². The summed E-state index contributed by atoms with van der Waals surface area (Å²) in [5.41, 5.74) is 3.03. The van der Waals surface area contributed by atoms with Gasteiger partial charge in [0, 0.05) is 31.8 Å². The standard InChI is InChI=1S/C12H15NO.C4H4O4/c1-2-4-11-7-13(8-12-9-14-12)6-5-10(11)3-1;5-3(6)1-2-4(7)8/h1-4,12H,5-9H2;1-2H,(H,5,6)(H,7,8)/b;2-1-/t12-;/m1./s1. The van der Waals surface area contributed by atoms with Crippen LogP contribution in [0.3, 0.4) is 0 Å². The Morgan fingerprint density at radius 2 is 1.77 bits per heavy atom. The van der Waals surface area contributed by atoms with Gasteiger partial charge in [-0.05, 0) is 17.5 Å². The first-order valence-corrected chi connectivity index (χ1v) is 7.09. The number of aliphatic carboxylic acids is 2. The first-order chi connectivity index (χ1) is 10.5. The second kappa shape index (κ2) is 7.72. The van der Waals surface area contributed by atoms with Crippen LogP contribution in [0.4, 0.5) is 0 Å². The number of carboxylic acid groups (broad SMARTS) is 2. The number of rotatable bonds is 4. The number of benzene rings is 1. The number of hydrogen-bond acceptors (Lipinski definition) is 4. The molecule has 1 saturated heterocycles. The van der Waals surface area contributed by atoms with Gasteiger partial charge < -0.3 is 14.9 Å². The third kappa shape index (κ3) is 5.67. The van der Waals surface area contributed by atoms with Gasteiger partial charge in [0.2, 0.25) is 0 Å². The molecule has 2 heterocycles. The van der Waals surface area contributed by atoms with Crippen LogP contribution in [0.25, 0.3) is 0 Å². The molecule has 1 fully saturated rings. The molecule has 0 amide bonds. The Bertz CT molecular complexity index is 549. The van der Waals surface area contributed by atoms with Crippen molar-refractivity contribution in [1.29, 1.82) is 0 Å². The number of fused-ring (bicyclic) bond motifs is 1. The lowest BCUT2D eigenvalue weighted by Crippen LogP contribution is -2.33. The van der Waals surface area contributed by atoms with E-state index in [1.54, 1.807) is 0 Å². The van der Waals surface area contributed by atoms with Gasteiger partial charge in [-0.15, -0.1) is 0 Å². The van der Waals surface area contributed by atoms with Crippen molar-refractivity contribution in [3.05, 3.63) is 47.5 Å². The van der Waals surface area contributed by atoms with Crippen LogP contribution in [-0.4, -0.2) is 52.9 Å². The van der Waals surface area contributed by atoms with Crippen molar-refractivity contribution in [1.82, 2.24) is 4.90 Å². The minimum Gasteiger partial charge on any atom is -0.478 e. The molecule has 0 spiro atoms. The van der Waals surface area contributed by atoms with E-state index < -0.39 is 11.9 Å². The third-order valence-corrected chi connectivity index (χ3v) is 3.44. The van der Waals surface area contributed by atoms with E-state index in [2.05, 4.69) is 29.2 Å². The van der Waals surface area contributed by atoms with E-state index in [-0.39, 0.29) is 0 Å². The van der Waals surface area contributed by atoms with Crippen molar-refractivity contribution >= 4 is 11.9 Å². The molecular formula is C16H19NO5. The van der Waals surface area contributed by atoms with E-state index >= 15 is 0 Å². The fourth-order valence-electron chi connectivity index (χ4n) is 2.31. The molecule has 3 rings (SSSR count). The average Bonchev–Trinajstić information content (AvgIpc) is 3.30. The van der Waals surface area contributed by atoms with Gasteiger partial charge in [-0.3, -0.25) is 4.90 Å². The molecule has 1 aromatic carbocycles. The maximum Gasteiger partial charge on any atom is 0.328 e. The number of carboxylic acids is 2. The second-order valence-corrected chi connectivity index (χ2v) is 5.22. The average molecular weight is 305 g/mol. The van der Waals surface area contributed by atoms with E-state index in [0.717, 1.165) is 19.7 Å². The van der Waals surface area contributed by atoms with Crippen LogP contribution in [0.1, 0.15) is 11.1 Å². The normalized spacial score (nSPS) is 19.9. The lowest BCUT2D eigenvalue weighted by Gasteiger charge is -2.27. The fourth-order valence-corrected chi connectivity index (χ4v) is 2.31. The SMILES string of the molecule is O=C(O)/C=C\C(=O)O.c1ccc2c(c1)CCN(C[C@@H]1CO1)C2. The molecule has 118 valence electrons. The van der Waals surface area contributed by atoms with Gasteiger partial charge in [0.25, 0.3) is 0 Å². The largest absolute Gasteiger partial charge is 0.478 e. The minimum absolute atomic E-state index is 0.528. The quantitative estimate of drug-likeness (QED) is 0.641. The number of epoxide rings is 1. The Kier molecular flexibility index (Phi) is 5.68. The second-order valence-electron chi connectivity index (χ2n) is 5.22. The van der Waals surface area contributed by atoms with Crippen LogP contribution in [0.5, 0.6) is 0 Å². The van der Waals surface area contributed by atoms with E-state index in [0.29, 0.717) is 18.3 Å². The zero-order chi connectivity index (χ0) is 15.9. The van der Waals surface area contributed by atoms with Crippen molar-refractivity contribution < 1.29 is 24.5 Å². The summed E-state index contributed by atoms with van der Waals surface area (Å²) in [6.07, 6.45) is 2.84. The number of ether oxygens (including phenoxy) is 1. The first-order valence-electron chi connectivity index (χ1n) is 7.09. The van der Waals surface area contributed by atoms with E-state index in [1.165, 1.54) is 24.1 Å². The van der Waals surface area contributed by atoms with Gasteiger partial charge in [0.05, 0.1) is 12.7 Å². The summed E-state index contributed by atoms with van der Waals surface area (Å²) >= 11 is 0. The molecular weight excluding hydrogens is 286 g/mol. The summed E-state index contributed by atoms with van der Waals surface area (Å²) in [5, 5.41) is 15.6. The van der Waals surface area contributed by atoms with Crippen molar-refractivity contribution in [2.24, 2.45) is 0 Å². The summed E-state index contributed by atoms with van der Waals surface area (Å²) in [7, 11) is 0. The van der Waals surface area contributed by atoms with Gasteiger partial charge in [-0.25, -0.2) is 9.59 Å². The van der Waals surface area contributed by atoms with Crippen LogP contribution in [0.15, 0.2) is 36.4 Å². The molecule has 6 heteroatoms. The zero-order valence-electron chi connectivity index (χ0n) is 12.1. The molecule has 2 N–H and O–H groups in total. The number of nitrogens with zero attached hydrogens (tertiary/aromatic N) is 1. The van der Waals surface area contributed by atoms with E-state index in [1.807, 2.05) is 0 Å². The summed E-state index contributed by atoms with van der Waals surface area (Å²) in [4.78, 5) is 21.6. The maximum absolute atomic E-state index is 9.55. The lowest BCUT2D eigenvalue weighted by atomic mass is 10.00. The molecule has 2 aliphatic heterocycles. The molecule has 0 saturated carbocycles. The van der Waals surface area contributed by atoms with Crippen molar-refractivity contribution in [3.8, 4) is 0 Å². The highest BCUT2D eigenvalue weighted by molar-refractivity contribution is 5.89. The molecule has 0 aromatic heterocycles. The smallest absolute Gasteiger partial charge is 0.328 e. The first kappa shape index (κ1) is 16.2. The van der Waals surface area contributed by atoms with Crippen LogP contribution < -0.4 is 0 Å². The van der Waals surface area contributed by atoms with Gasteiger partial charge in [-0.1, -0.05) is 24.3 Å². The van der Waals surface area contributed by atoms with Crippen molar-refractivity contribution in [2.75, 3.05) is 19.7 Å². The lowest BCUT2D eigenvalue weighted by molar-refractivity contribution is -0.134. The Morgan fingerprint density at radius 3 is 2.32 bits per heavy atom. The highest BCUT2D eigenvalue weighted by Crippen LogP contribution is 2.20. The van der Waals surface area contributed by atoms with Gasteiger partial charge in [0.15, 0.2) is 0 Å². The van der Waals surface area contributed by atoms with E-state index in [4.69, 9.17) is 14.9 Å². The fraction of sp³-hybridized carbons (Fsp3) is 0.375. The summed E-state index contributed by atoms with van der Waals surface area (Å²) in [6.45, 7) is 4.39. The highest BCUT2D eigenvalue weighted by Gasteiger charge is 2.26. The third-order valence-electron chi connectivity index (χ3n) is 3.44. The highest BCUT2D eigenvalue weighted by atomic mass is 16.6. The van der Waals surface area contributed by atoms with Crippen LogP contribution in [0.2, 0.25) is 0 Å². The molecule has 1 atom stereocenters.